The van der Waals surface area contributed by atoms with Gasteiger partial charge in [0.2, 0.25) is 0 Å². The van der Waals surface area contributed by atoms with Crippen LogP contribution in [0.25, 0.3) is 0 Å². The van der Waals surface area contributed by atoms with Crippen molar-refractivity contribution in [2.24, 2.45) is 0 Å². The molecule has 1 saturated heterocycles. The van der Waals surface area contributed by atoms with E-state index in [1.807, 2.05) is 54.2 Å². The van der Waals surface area contributed by atoms with Gasteiger partial charge in [-0.05, 0) is 36.8 Å². The highest BCUT2D eigenvalue weighted by atomic mass is 16.2. The Morgan fingerprint density at radius 2 is 1.65 bits per heavy atom. The molecule has 0 spiro atoms. The van der Waals surface area contributed by atoms with Gasteiger partial charge in [0, 0.05) is 57.7 Å². The molecule has 0 unspecified atom stereocenters. The summed E-state index contributed by atoms with van der Waals surface area (Å²) < 4.78 is 0. The molecule has 2 heterocycles. The van der Waals surface area contributed by atoms with E-state index in [2.05, 4.69) is 4.98 Å². The molecule has 0 bridgehead atoms. The molecule has 0 radical (unpaired) electrons. The lowest BCUT2D eigenvalue weighted by Crippen LogP contribution is -2.37. The van der Waals surface area contributed by atoms with Crippen LogP contribution < -0.4 is 4.90 Å². The van der Waals surface area contributed by atoms with E-state index in [1.54, 1.807) is 23.2 Å². The van der Waals surface area contributed by atoms with Crippen LogP contribution in [0, 0.1) is 0 Å². The van der Waals surface area contributed by atoms with Crippen LogP contribution in [0.15, 0.2) is 48.7 Å². The molecule has 1 aliphatic heterocycles. The van der Waals surface area contributed by atoms with Gasteiger partial charge in [0.1, 0.15) is 5.69 Å². The van der Waals surface area contributed by atoms with Crippen molar-refractivity contribution >= 4 is 17.5 Å². The molecule has 1 aromatic carbocycles. The fraction of sp³-hybridized carbons (Fsp3) is 0.350. The van der Waals surface area contributed by atoms with Crippen LogP contribution in [0.1, 0.15) is 27.3 Å². The zero-order valence-corrected chi connectivity index (χ0v) is 15.3. The zero-order valence-electron chi connectivity index (χ0n) is 15.3. The first-order valence-electron chi connectivity index (χ1n) is 8.83. The van der Waals surface area contributed by atoms with Gasteiger partial charge in [0.25, 0.3) is 11.8 Å². The maximum Gasteiger partial charge on any atom is 0.272 e. The summed E-state index contributed by atoms with van der Waals surface area (Å²) in [6.45, 7) is 2.34. The van der Waals surface area contributed by atoms with Crippen molar-refractivity contribution in [3.05, 3.63) is 59.9 Å². The molecule has 0 aliphatic carbocycles. The average Bonchev–Trinajstić information content (AvgIpc) is 2.94. The maximum absolute atomic E-state index is 12.9. The Morgan fingerprint density at radius 3 is 2.31 bits per heavy atom. The predicted molar refractivity (Wildman–Crippen MR) is 101 cm³/mol. The van der Waals surface area contributed by atoms with Crippen molar-refractivity contribution in [2.45, 2.75) is 6.42 Å². The van der Waals surface area contributed by atoms with Crippen LogP contribution in [0.3, 0.4) is 0 Å². The van der Waals surface area contributed by atoms with Crippen molar-refractivity contribution in [2.75, 3.05) is 45.2 Å². The van der Waals surface area contributed by atoms with E-state index < -0.39 is 0 Å². The second kappa shape index (κ2) is 7.99. The second-order valence-corrected chi connectivity index (χ2v) is 6.60. The summed E-state index contributed by atoms with van der Waals surface area (Å²) in [5.41, 5.74) is 2.13. The third-order valence-corrected chi connectivity index (χ3v) is 4.56. The van der Waals surface area contributed by atoms with Gasteiger partial charge in [0.15, 0.2) is 0 Å². The van der Waals surface area contributed by atoms with Gasteiger partial charge in [-0.1, -0.05) is 12.1 Å². The number of amides is 2. The fourth-order valence-corrected chi connectivity index (χ4v) is 3.07. The Balaban J connectivity index is 1.67. The normalized spacial score (nSPS) is 14.7. The average molecular weight is 352 g/mol. The minimum Gasteiger partial charge on any atom is -0.378 e. The first-order valence-corrected chi connectivity index (χ1v) is 8.83. The van der Waals surface area contributed by atoms with Gasteiger partial charge in [0.05, 0.1) is 0 Å². The molecule has 1 aromatic heterocycles. The molecule has 6 heteroatoms. The lowest BCUT2D eigenvalue weighted by Gasteiger charge is -2.22. The summed E-state index contributed by atoms with van der Waals surface area (Å²) in [5, 5.41) is 0. The third-order valence-electron chi connectivity index (χ3n) is 4.56. The van der Waals surface area contributed by atoms with Crippen LogP contribution in [0.5, 0.6) is 0 Å². The number of pyridine rings is 1. The van der Waals surface area contributed by atoms with Gasteiger partial charge in [-0.25, -0.2) is 0 Å². The van der Waals surface area contributed by atoms with Crippen molar-refractivity contribution in [3.63, 3.8) is 0 Å². The van der Waals surface area contributed by atoms with Gasteiger partial charge < -0.3 is 14.7 Å². The summed E-state index contributed by atoms with van der Waals surface area (Å²) >= 11 is 0. The molecule has 6 nitrogen and oxygen atoms in total. The number of aromatic nitrogens is 1. The fourth-order valence-electron chi connectivity index (χ4n) is 3.07. The molecule has 0 atom stereocenters. The first-order chi connectivity index (χ1) is 12.6. The van der Waals surface area contributed by atoms with E-state index in [0.717, 1.165) is 12.1 Å². The Kier molecular flexibility index (Phi) is 5.51. The molecular formula is C20H24N4O2. The highest BCUT2D eigenvalue weighted by Crippen LogP contribution is 2.16. The smallest absolute Gasteiger partial charge is 0.272 e. The number of hydrogen-bond donors (Lipinski definition) is 0. The largest absolute Gasteiger partial charge is 0.378 e. The highest BCUT2D eigenvalue weighted by Gasteiger charge is 2.24. The Hall–Kier alpha value is -2.89. The standard InChI is InChI=1S/C20H24N4O2/c1-22(2)17-8-5-7-16(15-17)19(25)23-11-6-12-24(14-13-23)20(26)18-9-3-4-10-21-18/h3-5,7-10,15H,6,11-14H2,1-2H3. The lowest BCUT2D eigenvalue weighted by molar-refractivity contribution is 0.0716. The Bertz CT molecular complexity index is 776. The van der Waals surface area contributed by atoms with Gasteiger partial charge >= 0.3 is 0 Å². The third kappa shape index (κ3) is 4.02. The predicted octanol–water partition coefficient (Wildman–Crippen LogP) is 2.14. The highest BCUT2D eigenvalue weighted by molar-refractivity contribution is 5.95. The van der Waals surface area contributed by atoms with E-state index in [4.69, 9.17) is 0 Å². The van der Waals surface area contributed by atoms with Crippen LogP contribution in [0.2, 0.25) is 0 Å². The minimum absolute atomic E-state index is 0.0147. The van der Waals surface area contributed by atoms with Crippen LogP contribution >= 0.6 is 0 Å². The summed E-state index contributed by atoms with van der Waals surface area (Å²) in [6.07, 6.45) is 2.39. The molecule has 1 aliphatic rings. The topological polar surface area (TPSA) is 56.8 Å². The minimum atomic E-state index is -0.0745. The molecule has 0 N–H and O–H groups in total. The summed E-state index contributed by atoms with van der Waals surface area (Å²) in [4.78, 5) is 35.2. The van der Waals surface area contributed by atoms with Crippen molar-refractivity contribution in [1.29, 1.82) is 0 Å². The number of anilines is 1. The quantitative estimate of drug-likeness (QED) is 0.849. The number of benzene rings is 1. The molecule has 3 rings (SSSR count). The summed E-state index contributed by atoms with van der Waals surface area (Å²) in [5.74, 6) is -0.0599. The molecule has 26 heavy (non-hydrogen) atoms. The SMILES string of the molecule is CN(C)c1cccc(C(=O)N2CCCN(C(=O)c3ccccn3)CC2)c1. The molecule has 1 fully saturated rings. The van der Waals surface area contributed by atoms with Crippen molar-refractivity contribution in [3.8, 4) is 0 Å². The number of nitrogens with zero attached hydrogens (tertiary/aromatic N) is 4. The maximum atomic E-state index is 12.9. The molecular weight excluding hydrogens is 328 g/mol. The number of carbonyl (C=O) groups excluding carboxylic acids is 2. The first kappa shape index (κ1) is 17.9. The second-order valence-electron chi connectivity index (χ2n) is 6.60. The van der Waals surface area contributed by atoms with E-state index in [1.165, 1.54) is 0 Å². The zero-order chi connectivity index (χ0) is 18.5. The van der Waals surface area contributed by atoms with E-state index in [-0.39, 0.29) is 11.8 Å². The monoisotopic (exact) mass is 352 g/mol. The summed E-state index contributed by atoms with van der Waals surface area (Å²) in [7, 11) is 3.91. The van der Waals surface area contributed by atoms with Crippen LogP contribution in [0.4, 0.5) is 5.69 Å². The van der Waals surface area contributed by atoms with Crippen LogP contribution in [-0.4, -0.2) is 66.9 Å². The molecule has 2 aromatic rings. The number of rotatable bonds is 3. The Morgan fingerprint density at radius 1 is 0.923 bits per heavy atom. The van der Waals surface area contributed by atoms with Crippen molar-refractivity contribution in [1.82, 2.24) is 14.8 Å². The number of hydrogen-bond acceptors (Lipinski definition) is 4. The van der Waals surface area contributed by atoms with Gasteiger partial charge in [-0.2, -0.15) is 0 Å². The lowest BCUT2D eigenvalue weighted by atomic mass is 10.1. The van der Waals surface area contributed by atoms with E-state index in [9.17, 15) is 9.59 Å². The van der Waals surface area contributed by atoms with E-state index >= 15 is 0 Å². The molecule has 2 amide bonds. The van der Waals surface area contributed by atoms with Crippen molar-refractivity contribution < 1.29 is 9.59 Å². The van der Waals surface area contributed by atoms with Gasteiger partial charge in [-0.3, -0.25) is 14.6 Å². The van der Waals surface area contributed by atoms with E-state index in [0.29, 0.717) is 37.4 Å². The summed E-state index contributed by atoms with van der Waals surface area (Å²) in [6, 6.07) is 13.0. The van der Waals surface area contributed by atoms with Gasteiger partial charge in [-0.15, -0.1) is 0 Å². The molecule has 136 valence electrons. The Labute approximate surface area is 154 Å². The molecule has 0 saturated carbocycles. The number of carbonyl (C=O) groups is 2. The van der Waals surface area contributed by atoms with Crippen LogP contribution in [-0.2, 0) is 0 Å².